The summed E-state index contributed by atoms with van der Waals surface area (Å²) in [6, 6.07) is 8.16. The Bertz CT molecular complexity index is 388. The van der Waals surface area contributed by atoms with Crippen molar-refractivity contribution in [1.29, 1.82) is 4.78 Å². The first kappa shape index (κ1) is 10.3. The molecule has 1 nitrogen and oxygen atoms in total. The van der Waals surface area contributed by atoms with Gasteiger partial charge in [-0.25, -0.2) is 0 Å². The third kappa shape index (κ3) is 2.34. The van der Waals surface area contributed by atoms with Gasteiger partial charge in [0.15, 0.2) is 0 Å². The Balaban J connectivity index is 3.37. The average Bonchev–Trinajstić information content (AvgIpc) is 2.03. The van der Waals surface area contributed by atoms with Crippen molar-refractivity contribution in [2.24, 2.45) is 0 Å². The van der Waals surface area contributed by atoms with Crippen molar-refractivity contribution in [2.45, 2.75) is 24.7 Å². The average molecular weight is 195 g/mol. The second-order valence-electron chi connectivity index (χ2n) is 3.78. The SMILES string of the molecule is C=S(C)(=N)c1ccccc1C(C)C. The Kier molecular flexibility index (Phi) is 2.81. The molecule has 0 aromatic heterocycles. The molecule has 1 rings (SSSR count). The summed E-state index contributed by atoms with van der Waals surface area (Å²) in [4.78, 5) is 1.12. The van der Waals surface area contributed by atoms with Crippen molar-refractivity contribution in [3.8, 4) is 0 Å². The van der Waals surface area contributed by atoms with Gasteiger partial charge in [-0.2, -0.15) is 0 Å². The van der Waals surface area contributed by atoms with Gasteiger partial charge >= 0.3 is 0 Å². The van der Waals surface area contributed by atoms with E-state index in [2.05, 4.69) is 25.8 Å². The highest BCUT2D eigenvalue weighted by Gasteiger charge is 2.07. The predicted molar refractivity (Wildman–Crippen MR) is 61.9 cm³/mol. The molecule has 2 heteroatoms. The van der Waals surface area contributed by atoms with Crippen molar-refractivity contribution < 1.29 is 0 Å². The summed E-state index contributed by atoms with van der Waals surface area (Å²) in [5.74, 6) is 4.42. The summed E-state index contributed by atoms with van der Waals surface area (Å²) in [5.41, 5.74) is 1.27. The molecule has 0 radical (unpaired) electrons. The lowest BCUT2D eigenvalue weighted by atomic mass is 10.0. The van der Waals surface area contributed by atoms with Gasteiger partial charge in [0.1, 0.15) is 0 Å². The van der Waals surface area contributed by atoms with Crippen LogP contribution in [0.2, 0.25) is 0 Å². The third-order valence-corrected chi connectivity index (χ3v) is 3.37. The van der Waals surface area contributed by atoms with Crippen LogP contribution >= 0.6 is 0 Å². The second kappa shape index (κ2) is 3.54. The molecule has 1 N–H and O–H groups in total. The lowest BCUT2D eigenvalue weighted by Gasteiger charge is -2.15. The third-order valence-electron chi connectivity index (χ3n) is 2.03. The van der Waals surface area contributed by atoms with Crippen LogP contribution in [0.1, 0.15) is 25.3 Å². The maximum absolute atomic E-state index is 7.98. The minimum atomic E-state index is -1.58. The molecule has 0 aliphatic carbocycles. The van der Waals surface area contributed by atoms with Gasteiger partial charge in [0.25, 0.3) is 0 Å². The van der Waals surface area contributed by atoms with Crippen LogP contribution < -0.4 is 0 Å². The van der Waals surface area contributed by atoms with Crippen molar-refractivity contribution in [1.82, 2.24) is 0 Å². The van der Waals surface area contributed by atoms with E-state index in [-0.39, 0.29) is 0 Å². The molecule has 1 aromatic carbocycles. The zero-order chi connectivity index (χ0) is 10.1. The molecule has 0 saturated heterocycles. The number of benzene rings is 1. The Morgan fingerprint density at radius 2 is 1.85 bits per heavy atom. The number of hydrogen-bond donors (Lipinski definition) is 1. The van der Waals surface area contributed by atoms with Crippen LogP contribution in [0.4, 0.5) is 0 Å². The highest BCUT2D eigenvalue weighted by atomic mass is 32.2. The number of nitrogens with one attached hydrogen (secondary N) is 1. The summed E-state index contributed by atoms with van der Waals surface area (Å²) in [6.07, 6.45) is 1.91. The monoisotopic (exact) mass is 195 g/mol. The summed E-state index contributed by atoms with van der Waals surface area (Å²) >= 11 is 0. The smallest absolute Gasteiger partial charge is 0.0147 e. The number of rotatable bonds is 2. The molecule has 72 valence electrons. The van der Waals surface area contributed by atoms with Crippen LogP contribution in [-0.2, 0) is 9.41 Å². The zero-order valence-electron chi connectivity index (χ0n) is 8.50. The lowest BCUT2D eigenvalue weighted by molar-refractivity contribution is 0.841. The van der Waals surface area contributed by atoms with E-state index in [1.54, 1.807) is 0 Å². The molecule has 0 aliphatic rings. The first-order chi connectivity index (χ1) is 5.93. The summed E-state index contributed by atoms with van der Waals surface area (Å²) in [7, 11) is -1.58. The Labute approximate surface area is 81.2 Å². The topological polar surface area (TPSA) is 23.9 Å². The molecule has 0 bridgehead atoms. The normalized spacial score (nSPS) is 15.7. The van der Waals surface area contributed by atoms with Crippen LogP contribution in [0.25, 0.3) is 0 Å². The van der Waals surface area contributed by atoms with Crippen molar-refractivity contribution in [3.63, 3.8) is 0 Å². The van der Waals surface area contributed by atoms with E-state index in [1.165, 1.54) is 5.56 Å². The number of hydrogen-bond acceptors (Lipinski definition) is 1. The van der Waals surface area contributed by atoms with E-state index in [0.29, 0.717) is 5.92 Å². The summed E-state index contributed by atoms with van der Waals surface area (Å²) in [5, 5.41) is 0. The van der Waals surface area contributed by atoms with E-state index in [1.807, 2.05) is 24.5 Å². The van der Waals surface area contributed by atoms with Crippen LogP contribution in [-0.4, -0.2) is 12.1 Å². The lowest BCUT2D eigenvalue weighted by Crippen LogP contribution is -2.01. The fourth-order valence-corrected chi connectivity index (χ4v) is 2.57. The predicted octanol–water partition coefficient (Wildman–Crippen LogP) is 3.15. The van der Waals surface area contributed by atoms with Gasteiger partial charge in [0.2, 0.25) is 0 Å². The van der Waals surface area contributed by atoms with Crippen LogP contribution in [0, 0.1) is 4.78 Å². The Hall–Kier alpha value is -0.760. The minimum absolute atomic E-state index is 0.482. The molecule has 0 amide bonds. The van der Waals surface area contributed by atoms with Crippen molar-refractivity contribution in [2.75, 3.05) is 6.26 Å². The van der Waals surface area contributed by atoms with E-state index >= 15 is 0 Å². The Morgan fingerprint density at radius 1 is 1.31 bits per heavy atom. The van der Waals surface area contributed by atoms with E-state index in [0.717, 1.165) is 4.90 Å². The van der Waals surface area contributed by atoms with E-state index < -0.39 is 9.41 Å². The molecule has 1 unspecified atom stereocenters. The van der Waals surface area contributed by atoms with Crippen LogP contribution in [0.3, 0.4) is 0 Å². The second-order valence-corrected chi connectivity index (χ2v) is 6.40. The van der Waals surface area contributed by atoms with Gasteiger partial charge < -0.3 is 0 Å². The molecule has 0 saturated carbocycles. The quantitative estimate of drug-likeness (QED) is 0.701. The molecular formula is C11H17NS. The first-order valence-electron chi connectivity index (χ1n) is 4.38. The van der Waals surface area contributed by atoms with E-state index in [9.17, 15) is 0 Å². The first-order valence-corrected chi connectivity index (χ1v) is 6.59. The Morgan fingerprint density at radius 3 is 2.23 bits per heavy atom. The maximum Gasteiger partial charge on any atom is 0.0147 e. The molecular weight excluding hydrogens is 178 g/mol. The van der Waals surface area contributed by atoms with Crippen LogP contribution in [0.15, 0.2) is 29.2 Å². The maximum atomic E-state index is 7.98. The summed E-state index contributed by atoms with van der Waals surface area (Å²) < 4.78 is 7.98. The van der Waals surface area contributed by atoms with Gasteiger partial charge in [-0.3, -0.25) is 4.78 Å². The highest BCUT2D eigenvalue weighted by molar-refractivity contribution is 8.00. The molecule has 0 fully saturated rings. The van der Waals surface area contributed by atoms with E-state index in [4.69, 9.17) is 4.78 Å². The van der Waals surface area contributed by atoms with Crippen molar-refractivity contribution in [3.05, 3.63) is 29.8 Å². The molecule has 13 heavy (non-hydrogen) atoms. The van der Waals surface area contributed by atoms with Gasteiger partial charge in [-0.1, -0.05) is 37.9 Å². The molecule has 0 spiro atoms. The van der Waals surface area contributed by atoms with Gasteiger partial charge in [0.05, 0.1) is 0 Å². The van der Waals surface area contributed by atoms with Gasteiger partial charge in [0, 0.05) is 4.90 Å². The molecule has 1 atom stereocenters. The van der Waals surface area contributed by atoms with Crippen LogP contribution in [0.5, 0.6) is 0 Å². The molecule has 1 aromatic rings. The fraction of sp³-hybridized carbons (Fsp3) is 0.364. The van der Waals surface area contributed by atoms with Gasteiger partial charge in [-0.05, 0) is 23.8 Å². The molecule has 0 aliphatic heterocycles. The fourth-order valence-electron chi connectivity index (χ4n) is 1.37. The largest absolute Gasteiger partial charge is 0.283 e. The standard InChI is InChI=1S/C11H17NS/c1-9(2)10-7-5-6-8-11(10)13(3,4)12/h5-9,12H,3H2,1-2,4H3. The minimum Gasteiger partial charge on any atom is -0.283 e. The zero-order valence-corrected chi connectivity index (χ0v) is 9.32. The highest BCUT2D eigenvalue weighted by Crippen LogP contribution is 2.23. The molecule has 0 heterocycles. The van der Waals surface area contributed by atoms with Gasteiger partial charge in [-0.15, -0.1) is 9.41 Å². The van der Waals surface area contributed by atoms with Crippen molar-refractivity contribution >= 4 is 15.3 Å². The summed E-state index contributed by atoms with van der Waals surface area (Å²) in [6.45, 7) is 4.31.